The summed E-state index contributed by atoms with van der Waals surface area (Å²) in [5.74, 6) is -3.52. The van der Waals surface area contributed by atoms with Crippen molar-refractivity contribution in [1.82, 2.24) is 0 Å². The van der Waals surface area contributed by atoms with Crippen molar-refractivity contribution >= 4 is 139 Å². The molecule has 2 unspecified atom stereocenters. The maximum Gasteiger partial charge on any atom is 0.258 e. The summed E-state index contributed by atoms with van der Waals surface area (Å²) < 4.78 is 0. The lowest BCUT2D eigenvalue weighted by atomic mass is 10.1. The highest BCUT2D eigenvalue weighted by molar-refractivity contribution is 6.46. The third-order valence-electron chi connectivity index (χ3n) is 9.01. The van der Waals surface area contributed by atoms with Gasteiger partial charge in [0, 0.05) is 23.1 Å². The monoisotopic (exact) mass is 982 g/mol. The molecule has 0 bridgehead atoms. The van der Waals surface area contributed by atoms with Crippen LogP contribution in [-0.4, -0.2) is 59.0 Å². The van der Waals surface area contributed by atoms with Crippen LogP contribution < -0.4 is 21.3 Å². The van der Waals surface area contributed by atoms with Crippen molar-refractivity contribution in [3.8, 4) is 0 Å². The number of hydrogen-bond acceptors (Lipinski definition) is 10. The maximum absolute atomic E-state index is 13.3. The number of anilines is 4. The summed E-state index contributed by atoms with van der Waals surface area (Å²) >= 11 is 37.7. The van der Waals surface area contributed by atoms with Gasteiger partial charge in [0.25, 0.3) is 23.6 Å². The highest BCUT2D eigenvalue weighted by Crippen LogP contribution is 2.37. The van der Waals surface area contributed by atoms with Gasteiger partial charge in [0.1, 0.15) is 11.4 Å². The average Bonchev–Trinajstić information content (AvgIpc) is 3.25. The third kappa shape index (κ3) is 12.9. The summed E-state index contributed by atoms with van der Waals surface area (Å²) in [6.07, 6.45) is 1.22. The molecule has 0 heterocycles. The molecular formula is C44H36Cl6N8O6. The molecule has 0 spiro atoms. The second-order valence-corrected chi connectivity index (χ2v) is 16.0. The number of azo groups is 2. The topological polar surface area (TPSA) is 200 Å². The van der Waals surface area contributed by atoms with E-state index in [1.807, 2.05) is 12.1 Å². The van der Waals surface area contributed by atoms with Crippen molar-refractivity contribution in [2.24, 2.45) is 20.5 Å². The maximum atomic E-state index is 13.3. The molecule has 0 aromatic heterocycles. The summed E-state index contributed by atoms with van der Waals surface area (Å²) in [7, 11) is 0. The lowest BCUT2D eigenvalue weighted by Gasteiger charge is -2.15. The number of Topliss-reactive ketones (excluding diaryl/α,β-unsaturated/α-hetero) is 2. The van der Waals surface area contributed by atoms with Crippen molar-refractivity contribution in [3.05, 3.63) is 139 Å². The predicted molar refractivity (Wildman–Crippen MR) is 252 cm³/mol. The number of nitrogens with one attached hydrogen (secondary N) is 4. The van der Waals surface area contributed by atoms with Crippen molar-refractivity contribution in [1.29, 1.82) is 0 Å². The summed E-state index contributed by atoms with van der Waals surface area (Å²) in [5.41, 5.74) is 2.92. The zero-order valence-electron chi connectivity index (χ0n) is 33.7. The van der Waals surface area contributed by atoms with E-state index >= 15 is 0 Å². The molecule has 0 fully saturated rings. The van der Waals surface area contributed by atoms with Gasteiger partial charge in [0.15, 0.2) is 11.6 Å². The Kier molecular flexibility index (Phi) is 17.9. The van der Waals surface area contributed by atoms with Crippen molar-refractivity contribution < 1.29 is 28.8 Å². The summed E-state index contributed by atoms with van der Waals surface area (Å²) in [6.45, 7) is 2.24. The first-order valence-corrected chi connectivity index (χ1v) is 21.6. The molecule has 5 aromatic rings. The highest BCUT2D eigenvalue weighted by atomic mass is 35.5. The van der Waals surface area contributed by atoms with Gasteiger partial charge in [-0.1, -0.05) is 82.8 Å². The van der Waals surface area contributed by atoms with Crippen molar-refractivity contribution in [2.75, 3.05) is 33.0 Å². The number of carbonyl (C=O) groups excluding carboxylic acids is 6. The van der Waals surface area contributed by atoms with Gasteiger partial charge >= 0.3 is 0 Å². The Morgan fingerprint density at radius 1 is 0.500 bits per heavy atom. The molecule has 5 rings (SSSR count). The van der Waals surface area contributed by atoms with E-state index in [2.05, 4.69) is 41.7 Å². The van der Waals surface area contributed by atoms with Gasteiger partial charge in [-0.05, 0) is 98.5 Å². The predicted octanol–water partition coefficient (Wildman–Crippen LogP) is 11.7. The number of rotatable bonds is 18. The van der Waals surface area contributed by atoms with Gasteiger partial charge in [-0.25, -0.2) is 0 Å². The van der Waals surface area contributed by atoms with Crippen LogP contribution in [0, 0.1) is 0 Å². The molecule has 330 valence electrons. The Hall–Kier alpha value is -5.74. The molecule has 0 saturated heterocycles. The van der Waals surface area contributed by atoms with E-state index in [9.17, 15) is 28.8 Å². The lowest BCUT2D eigenvalue weighted by molar-refractivity contribution is -0.127. The van der Waals surface area contributed by atoms with Crippen LogP contribution in [0.2, 0.25) is 20.1 Å². The van der Waals surface area contributed by atoms with Crippen LogP contribution in [-0.2, 0) is 32.0 Å². The standard InChI is InChI=1S/C44H36Cl6N8O6/c1-23(59)39(57-55-33-13-5-11-29(35(33)47)41(61)51-27-9-3-7-25(21-27)17-19-45)43(63)53-31-15-16-32(38(50)37(31)49)54-44(64)40(24(2)60)58-56-34-14-6-12-30(36(34)48)42(62)52-28-10-4-8-26(22-28)18-20-46/h3-16,21-22,39-40H,17-20H2,1-2H3,(H,51,61)(H,52,62)(H,53,63)(H,54,64). The fraction of sp³-hybridized carbons (Fsp3) is 0.182. The minimum atomic E-state index is -1.68. The smallest absolute Gasteiger partial charge is 0.258 e. The van der Waals surface area contributed by atoms with Crippen LogP contribution in [0.1, 0.15) is 45.7 Å². The minimum absolute atomic E-state index is 0.00839. The quantitative estimate of drug-likeness (QED) is 0.0382. The van der Waals surface area contributed by atoms with E-state index in [-0.39, 0.29) is 54.0 Å². The molecule has 14 nitrogen and oxygen atoms in total. The number of carbonyl (C=O) groups is 6. The fourth-order valence-electron chi connectivity index (χ4n) is 5.79. The molecule has 4 N–H and O–H groups in total. The summed E-state index contributed by atoms with van der Waals surface area (Å²) in [5, 5.41) is 25.7. The number of halogens is 6. The van der Waals surface area contributed by atoms with Crippen molar-refractivity contribution in [3.63, 3.8) is 0 Å². The lowest BCUT2D eigenvalue weighted by Crippen LogP contribution is -2.32. The van der Waals surface area contributed by atoms with Gasteiger partial charge in [-0.15, -0.1) is 23.2 Å². The van der Waals surface area contributed by atoms with Gasteiger partial charge in [-0.3, -0.25) is 28.8 Å². The van der Waals surface area contributed by atoms with E-state index in [0.29, 0.717) is 36.0 Å². The highest BCUT2D eigenvalue weighted by Gasteiger charge is 2.28. The Morgan fingerprint density at radius 2 is 0.875 bits per heavy atom. The zero-order valence-corrected chi connectivity index (χ0v) is 38.3. The van der Waals surface area contributed by atoms with Crippen LogP contribution >= 0.6 is 69.6 Å². The number of benzene rings is 5. The number of aryl methyl sites for hydroxylation is 2. The largest absolute Gasteiger partial charge is 0.322 e. The van der Waals surface area contributed by atoms with E-state index in [1.54, 1.807) is 36.4 Å². The molecule has 4 amide bonds. The molecule has 64 heavy (non-hydrogen) atoms. The van der Waals surface area contributed by atoms with E-state index in [0.717, 1.165) is 25.0 Å². The number of alkyl halides is 2. The minimum Gasteiger partial charge on any atom is -0.322 e. The number of nitrogens with zero attached hydrogens (tertiary/aromatic N) is 4. The van der Waals surface area contributed by atoms with Gasteiger partial charge < -0.3 is 21.3 Å². The second-order valence-electron chi connectivity index (χ2n) is 13.7. The second kappa shape index (κ2) is 23.3. The molecule has 0 aliphatic heterocycles. The first-order valence-electron chi connectivity index (χ1n) is 19.0. The Labute approximate surface area is 397 Å². The summed E-state index contributed by atoms with van der Waals surface area (Å²) in [4.78, 5) is 78.0. The van der Waals surface area contributed by atoms with Crippen LogP contribution in [0.5, 0.6) is 0 Å². The molecule has 0 aliphatic carbocycles. The molecule has 2 atom stereocenters. The zero-order chi connectivity index (χ0) is 46.5. The normalized spacial score (nSPS) is 12.1. The molecule has 20 heteroatoms. The van der Waals surface area contributed by atoms with Gasteiger partial charge in [-0.2, -0.15) is 20.5 Å². The van der Waals surface area contributed by atoms with E-state index in [1.165, 1.54) is 48.5 Å². The van der Waals surface area contributed by atoms with Crippen LogP contribution in [0.4, 0.5) is 34.1 Å². The Morgan fingerprint density at radius 3 is 1.23 bits per heavy atom. The first-order chi connectivity index (χ1) is 30.6. The molecule has 0 aliphatic rings. The van der Waals surface area contributed by atoms with Crippen LogP contribution in [0.25, 0.3) is 0 Å². The summed E-state index contributed by atoms with van der Waals surface area (Å²) in [6, 6.07) is 22.4. The molecule has 0 saturated carbocycles. The average molecular weight is 986 g/mol. The first kappa shape index (κ1) is 49.3. The van der Waals surface area contributed by atoms with E-state index < -0.39 is 47.3 Å². The van der Waals surface area contributed by atoms with Crippen LogP contribution in [0.3, 0.4) is 0 Å². The number of ketones is 2. The van der Waals surface area contributed by atoms with E-state index in [4.69, 9.17) is 69.6 Å². The SMILES string of the molecule is CC(=O)C(N=Nc1cccc(C(=O)Nc2cccc(CCCl)c2)c1Cl)C(=O)Nc1ccc(NC(=O)C(N=Nc2cccc(C(=O)Nc3cccc(CCCl)c3)c2Cl)C(C)=O)c(Cl)c1Cl. The van der Waals surface area contributed by atoms with Gasteiger partial charge in [0.05, 0.1) is 42.6 Å². The number of amides is 4. The molecular weight excluding hydrogens is 949 g/mol. The van der Waals surface area contributed by atoms with Gasteiger partial charge in [0.2, 0.25) is 12.1 Å². The third-order valence-corrected chi connectivity index (χ3v) is 11.1. The number of hydrogen-bond donors (Lipinski definition) is 4. The molecule has 5 aromatic carbocycles. The Balaban J connectivity index is 1.25. The fourth-order valence-corrected chi connectivity index (χ4v) is 7.15. The Bertz CT molecular complexity index is 2500. The van der Waals surface area contributed by atoms with Crippen molar-refractivity contribution in [2.45, 2.75) is 38.8 Å². The van der Waals surface area contributed by atoms with Crippen LogP contribution in [0.15, 0.2) is 118 Å². The molecule has 0 radical (unpaired) electrons.